The minimum atomic E-state index is -0.396. The summed E-state index contributed by atoms with van der Waals surface area (Å²) in [6.07, 6.45) is 0. The first kappa shape index (κ1) is 23.2. The number of nitrogens with one attached hydrogen (secondary N) is 2. The first-order valence-electron chi connectivity index (χ1n) is 10.9. The van der Waals surface area contributed by atoms with Crippen LogP contribution in [0.3, 0.4) is 0 Å². The molecule has 32 heavy (non-hydrogen) atoms. The molecule has 0 aliphatic rings. The van der Waals surface area contributed by atoms with Crippen LogP contribution in [0.15, 0.2) is 42.5 Å². The van der Waals surface area contributed by atoms with Crippen molar-refractivity contribution in [2.45, 2.75) is 27.3 Å². The van der Waals surface area contributed by atoms with Crippen molar-refractivity contribution in [2.24, 2.45) is 0 Å². The number of likely N-dealkylation sites (N-methyl/N-ethyl adjacent to an activating group) is 1. The van der Waals surface area contributed by atoms with Crippen LogP contribution in [-0.4, -0.2) is 52.6 Å². The Morgan fingerprint density at radius 3 is 2.47 bits per heavy atom. The molecule has 2 aromatic carbocycles. The zero-order chi connectivity index (χ0) is 22.9. The van der Waals surface area contributed by atoms with Crippen LogP contribution in [-0.2, 0) is 6.54 Å². The van der Waals surface area contributed by atoms with Crippen molar-refractivity contribution < 1.29 is 9.66 Å². The van der Waals surface area contributed by atoms with Gasteiger partial charge >= 0.3 is 6.01 Å². The topological polar surface area (TPSA) is 105 Å². The third-order valence-electron chi connectivity index (χ3n) is 5.19. The number of hydrogen-bond donors (Lipinski definition) is 2. The Morgan fingerprint density at radius 2 is 1.81 bits per heavy atom. The highest BCUT2D eigenvalue weighted by Crippen LogP contribution is 2.33. The van der Waals surface area contributed by atoms with Gasteiger partial charge in [0.25, 0.3) is 5.69 Å². The molecule has 0 amide bonds. The maximum atomic E-state index is 11.6. The van der Waals surface area contributed by atoms with Gasteiger partial charge in [0, 0.05) is 31.1 Å². The van der Waals surface area contributed by atoms with E-state index in [4.69, 9.17) is 4.74 Å². The second-order valence-corrected chi connectivity index (χ2v) is 7.24. The first-order chi connectivity index (χ1) is 15.5. The molecular formula is C23H30N6O3. The van der Waals surface area contributed by atoms with Crippen LogP contribution in [0.2, 0.25) is 0 Å². The molecule has 0 atom stereocenters. The second-order valence-electron chi connectivity index (χ2n) is 7.24. The van der Waals surface area contributed by atoms with Gasteiger partial charge in [0.2, 0.25) is 0 Å². The second kappa shape index (κ2) is 11.2. The number of nitro groups is 1. The smallest absolute Gasteiger partial charge is 0.318 e. The zero-order valence-electron chi connectivity index (χ0n) is 18.8. The molecule has 0 saturated heterocycles. The van der Waals surface area contributed by atoms with Gasteiger partial charge in [-0.3, -0.25) is 10.1 Å². The van der Waals surface area contributed by atoms with Crippen LogP contribution in [0.25, 0.3) is 10.9 Å². The highest BCUT2D eigenvalue weighted by Gasteiger charge is 2.19. The molecule has 1 heterocycles. The molecular weight excluding hydrogens is 408 g/mol. The van der Waals surface area contributed by atoms with Crippen molar-refractivity contribution in [1.82, 2.24) is 14.9 Å². The summed E-state index contributed by atoms with van der Waals surface area (Å²) < 4.78 is 5.86. The molecule has 3 rings (SSSR count). The molecule has 0 bridgehead atoms. The van der Waals surface area contributed by atoms with E-state index < -0.39 is 4.92 Å². The van der Waals surface area contributed by atoms with Crippen molar-refractivity contribution in [3.63, 3.8) is 0 Å². The number of benzene rings is 2. The Kier molecular flexibility index (Phi) is 8.15. The average molecular weight is 439 g/mol. The molecule has 170 valence electrons. The quantitative estimate of drug-likeness (QED) is 0.318. The molecule has 3 aromatic rings. The summed E-state index contributed by atoms with van der Waals surface area (Å²) in [5, 5.41) is 18.6. The Balaban J connectivity index is 1.96. The Bertz CT molecular complexity index is 1040. The summed E-state index contributed by atoms with van der Waals surface area (Å²) in [5.41, 5.74) is 2.06. The van der Waals surface area contributed by atoms with Crippen molar-refractivity contribution in [3.05, 3.63) is 58.1 Å². The molecule has 0 aliphatic carbocycles. The van der Waals surface area contributed by atoms with Crippen LogP contribution < -0.4 is 15.4 Å². The van der Waals surface area contributed by atoms with E-state index in [0.717, 1.165) is 25.2 Å². The lowest BCUT2D eigenvalue weighted by molar-refractivity contribution is -0.383. The van der Waals surface area contributed by atoms with Gasteiger partial charge in [-0.25, -0.2) is 0 Å². The van der Waals surface area contributed by atoms with Gasteiger partial charge in [-0.1, -0.05) is 44.2 Å². The molecule has 0 fully saturated rings. The fourth-order valence-corrected chi connectivity index (χ4v) is 3.41. The van der Waals surface area contributed by atoms with Crippen LogP contribution in [0.4, 0.5) is 17.2 Å². The molecule has 0 aliphatic heterocycles. The van der Waals surface area contributed by atoms with Gasteiger partial charge in [-0.05, 0) is 31.6 Å². The van der Waals surface area contributed by atoms with Gasteiger partial charge in [-0.15, -0.1) is 0 Å². The monoisotopic (exact) mass is 438 g/mol. The average Bonchev–Trinajstić information content (AvgIpc) is 2.80. The summed E-state index contributed by atoms with van der Waals surface area (Å²) in [5.74, 6) is 0.503. The number of anilines is 2. The fourth-order valence-electron chi connectivity index (χ4n) is 3.41. The molecule has 0 unspecified atom stereocenters. The van der Waals surface area contributed by atoms with Crippen LogP contribution in [0, 0.1) is 10.1 Å². The SMILES string of the molecule is CCNc1cc2nc(OCCN(CC)CC)nc(NCc3ccccc3)c2cc1[N+](=O)[O-]. The zero-order valence-corrected chi connectivity index (χ0v) is 18.8. The first-order valence-corrected chi connectivity index (χ1v) is 10.9. The molecule has 9 nitrogen and oxygen atoms in total. The summed E-state index contributed by atoms with van der Waals surface area (Å²) in [6.45, 7) is 10.3. The molecule has 0 radical (unpaired) electrons. The van der Waals surface area contributed by atoms with Gasteiger partial charge in [0.1, 0.15) is 18.1 Å². The Morgan fingerprint density at radius 1 is 1.06 bits per heavy atom. The largest absolute Gasteiger partial charge is 0.462 e. The van der Waals surface area contributed by atoms with Crippen molar-refractivity contribution >= 4 is 28.1 Å². The number of fused-ring (bicyclic) bond motifs is 1. The number of nitrogens with zero attached hydrogens (tertiary/aromatic N) is 4. The van der Waals surface area contributed by atoms with Crippen LogP contribution in [0.1, 0.15) is 26.3 Å². The lowest BCUT2D eigenvalue weighted by atomic mass is 10.1. The third kappa shape index (κ3) is 5.82. The van der Waals surface area contributed by atoms with Crippen LogP contribution in [0.5, 0.6) is 6.01 Å². The predicted octanol–water partition coefficient (Wildman–Crippen LogP) is 4.30. The molecule has 2 N–H and O–H groups in total. The van der Waals surface area contributed by atoms with E-state index in [0.29, 0.717) is 42.1 Å². The molecule has 1 aromatic heterocycles. The van der Waals surface area contributed by atoms with Crippen molar-refractivity contribution in [3.8, 4) is 6.01 Å². The lowest BCUT2D eigenvalue weighted by Crippen LogP contribution is -2.28. The molecule has 0 saturated carbocycles. The number of ether oxygens (including phenoxy) is 1. The van der Waals surface area contributed by atoms with Gasteiger partial charge < -0.3 is 20.3 Å². The highest BCUT2D eigenvalue weighted by molar-refractivity contribution is 5.95. The normalized spacial score (nSPS) is 11.0. The highest BCUT2D eigenvalue weighted by atomic mass is 16.6. The summed E-state index contributed by atoms with van der Waals surface area (Å²) in [7, 11) is 0. The summed E-state index contributed by atoms with van der Waals surface area (Å²) >= 11 is 0. The maximum Gasteiger partial charge on any atom is 0.318 e. The summed E-state index contributed by atoms with van der Waals surface area (Å²) in [6, 6.07) is 13.3. The maximum absolute atomic E-state index is 11.6. The van der Waals surface area contributed by atoms with E-state index in [1.54, 1.807) is 6.07 Å². The third-order valence-corrected chi connectivity index (χ3v) is 5.19. The van der Waals surface area contributed by atoms with Crippen LogP contribution >= 0.6 is 0 Å². The Labute approximate surface area is 188 Å². The number of aromatic nitrogens is 2. The van der Waals surface area contributed by atoms with E-state index in [2.05, 4.69) is 39.3 Å². The minimum absolute atomic E-state index is 0.0130. The number of hydrogen-bond acceptors (Lipinski definition) is 8. The predicted molar refractivity (Wildman–Crippen MR) is 127 cm³/mol. The minimum Gasteiger partial charge on any atom is -0.462 e. The summed E-state index contributed by atoms with van der Waals surface area (Å²) in [4.78, 5) is 22.6. The van der Waals surface area contributed by atoms with E-state index in [1.165, 1.54) is 6.07 Å². The van der Waals surface area contributed by atoms with Gasteiger partial charge in [-0.2, -0.15) is 9.97 Å². The standard InChI is InChI=1S/C23H30N6O3/c1-4-24-20-15-19-18(14-21(20)29(30)31)22(25-16-17-10-8-7-9-11-17)27-23(26-19)32-13-12-28(5-2)6-3/h7-11,14-15,24H,4-6,12-13,16H2,1-3H3,(H,25,26,27). The van der Waals surface area contributed by atoms with Crippen molar-refractivity contribution in [1.29, 1.82) is 0 Å². The number of nitro benzene ring substituents is 1. The Hall–Kier alpha value is -3.46. The van der Waals surface area contributed by atoms with E-state index >= 15 is 0 Å². The number of rotatable bonds is 12. The van der Waals surface area contributed by atoms with E-state index in [-0.39, 0.29) is 11.7 Å². The van der Waals surface area contributed by atoms with Gasteiger partial charge in [0.15, 0.2) is 0 Å². The van der Waals surface area contributed by atoms with Crippen molar-refractivity contribution in [2.75, 3.05) is 43.4 Å². The lowest BCUT2D eigenvalue weighted by Gasteiger charge is -2.18. The molecule has 0 spiro atoms. The fraction of sp³-hybridized carbons (Fsp3) is 0.391. The van der Waals surface area contributed by atoms with Gasteiger partial charge in [0.05, 0.1) is 10.4 Å². The van der Waals surface area contributed by atoms with E-state index in [1.807, 2.05) is 37.3 Å². The molecule has 9 heteroatoms. The van der Waals surface area contributed by atoms with E-state index in [9.17, 15) is 10.1 Å².